The van der Waals surface area contributed by atoms with Gasteiger partial charge in [0.2, 0.25) is 0 Å². The van der Waals surface area contributed by atoms with Gasteiger partial charge in [-0.05, 0) is 38.8 Å². The molecule has 0 aromatic carbocycles. The molecule has 0 amide bonds. The molecule has 3 atom stereocenters. The van der Waals surface area contributed by atoms with E-state index in [2.05, 4.69) is 24.1 Å². The van der Waals surface area contributed by atoms with Crippen LogP contribution in [-0.2, 0) is 4.74 Å². The average Bonchev–Trinajstić information content (AvgIpc) is 2.41. The normalized spacial score (nSPS) is 34.7. The van der Waals surface area contributed by atoms with Gasteiger partial charge in [-0.3, -0.25) is 4.90 Å². The van der Waals surface area contributed by atoms with Gasteiger partial charge in [0.15, 0.2) is 0 Å². The number of ether oxygens (including phenoxy) is 1. The molecular weight excluding hydrogens is 224 g/mol. The number of likely N-dealkylation sites (tertiary alicyclic amines) is 1. The summed E-state index contributed by atoms with van der Waals surface area (Å²) in [6.07, 6.45) is 8.02. The fourth-order valence-corrected chi connectivity index (χ4v) is 3.65. The van der Waals surface area contributed by atoms with E-state index in [4.69, 9.17) is 4.74 Å². The van der Waals surface area contributed by atoms with Crippen molar-refractivity contribution in [1.29, 1.82) is 0 Å². The molecule has 2 fully saturated rings. The van der Waals surface area contributed by atoms with Crippen LogP contribution in [0.3, 0.4) is 0 Å². The van der Waals surface area contributed by atoms with E-state index in [9.17, 15) is 0 Å². The Kier molecular flexibility index (Phi) is 5.93. The Labute approximate surface area is 112 Å². The predicted octanol–water partition coefficient (Wildman–Crippen LogP) is 2.41. The third kappa shape index (κ3) is 3.46. The fraction of sp³-hybridized carbons (Fsp3) is 1.00. The highest BCUT2D eigenvalue weighted by Crippen LogP contribution is 2.26. The number of hydrogen-bond acceptors (Lipinski definition) is 3. The SMILES string of the molecule is CCCC1CCCCN1C1COCCC1NCC. The van der Waals surface area contributed by atoms with Crippen molar-refractivity contribution >= 4 is 0 Å². The number of piperidine rings is 1. The zero-order valence-corrected chi connectivity index (χ0v) is 12.2. The van der Waals surface area contributed by atoms with Crippen LogP contribution in [0.4, 0.5) is 0 Å². The Morgan fingerprint density at radius 3 is 2.89 bits per heavy atom. The summed E-state index contributed by atoms with van der Waals surface area (Å²) < 4.78 is 5.76. The van der Waals surface area contributed by atoms with Crippen molar-refractivity contribution in [3.05, 3.63) is 0 Å². The molecule has 2 aliphatic rings. The summed E-state index contributed by atoms with van der Waals surface area (Å²) in [7, 11) is 0. The van der Waals surface area contributed by atoms with Crippen molar-refractivity contribution in [2.45, 2.75) is 70.5 Å². The van der Waals surface area contributed by atoms with Crippen molar-refractivity contribution in [2.75, 3.05) is 26.3 Å². The van der Waals surface area contributed by atoms with Gasteiger partial charge in [-0.15, -0.1) is 0 Å². The minimum atomic E-state index is 0.607. The average molecular weight is 254 g/mol. The van der Waals surface area contributed by atoms with Gasteiger partial charge in [-0.25, -0.2) is 0 Å². The molecule has 3 heteroatoms. The largest absolute Gasteiger partial charge is 0.380 e. The van der Waals surface area contributed by atoms with E-state index in [0.717, 1.165) is 25.8 Å². The van der Waals surface area contributed by atoms with Gasteiger partial charge in [0, 0.05) is 24.7 Å². The number of likely N-dealkylation sites (N-methyl/N-ethyl adjacent to an activating group) is 1. The molecule has 3 unspecified atom stereocenters. The standard InChI is InChI=1S/C15H30N2O/c1-3-7-13-8-5-6-10-17(13)15-12-18-11-9-14(15)16-4-2/h13-16H,3-12H2,1-2H3. The zero-order valence-electron chi connectivity index (χ0n) is 12.2. The van der Waals surface area contributed by atoms with Gasteiger partial charge in [0.1, 0.15) is 0 Å². The quantitative estimate of drug-likeness (QED) is 0.815. The molecule has 2 rings (SSSR count). The summed E-state index contributed by atoms with van der Waals surface area (Å²) in [6, 6.07) is 2.05. The molecule has 0 aromatic heterocycles. The lowest BCUT2D eigenvalue weighted by molar-refractivity contribution is -0.0312. The molecule has 2 heterocycles. The van der Waals surface area contributed by atoms with Gasteiger partial charge in [-0.1, -0.05) is 26.7 Å². The van der Waals surface area contributed by atoms with Crippen molar-refractivity contribution in [3.8, 4) is 0 Å². The monoisotopic (exact) mass is 254 g/mol. The van der Waals surface area contributed by atoms with Crippen molar-refractivity contribution in [1.82, 2.24) is 10.2 Å². The third-order valence-corrected chi connectivity index (χ3v) is 4.51. The molecule has 1 N–H and O–H groups in total. The topological polar surface area (TPSA) is 24.5 Å². The number of nitrogens with one attached hydrogen (secondary N) is 1. The van der Waals surface area contributed by atoms with Crippen LogP contribution >= 0.6 is 0 Å². The maximum atomic E-state index is 5.76. The highest BCUT2D eigenvalue weighted by Gasteiger charge is 2.34. The molecular formula is C15H30N2O. The number of rotatable bonds is 5. The van der Waals surface area contributed by atoms with E-state index < -0.39 is 0 Å². The summed E-state index contributed by atoms with van der Waals surface area (Å²) in [6.45, 7) is 8.74. The molecule has 2 aliphatic heterocycles. The van der Waals surface area contributed by atoms with Crippen LogP contribution in [0.25, 0.3) is 0 Å². The Balaban J connectivity index is 2.00. The third-order valence-electron chi connectivity index (χ3n) is 4.51. The molecule has 0 aromatic rings. The Bertz CT molecular complexity index is 207. The lowest BCUT2D eigenvalue weighted by atomic mass is 9.92. The maximum absolute atomic E-state index is 5.76. The zero-order chi connectivity index (χ0) is 12.8. The smallest absolute Gasteiger partial charge is 0.0637 e. The minimum absolute atomic E-state index is 0.607. The summed E-state index contributed by atoms with van der Waals surface area (Å²) >= 11 is 0. The van der Waals surface area contributed by atoms with Gasteiger partial charge >= 0.3 is 0 Å². The Morgan fingerprint density at radius 1 is 1.22 bits per heavy atom. The number of hydrogen-bond donors (Lipinski definition) is 1. The lowest BCUT2D eigenvalue weighted by Gasteiger charge is -2.46. The van der Waals surface area contributed by atoms with E-state index in [0.29, 0.717) is 12.1 Å². The van der Waals surface area contributed by atoms with Crippen LogP contribution in [0.1, 0.15) is 52.4 Å². The lowest BCUT2D eigenvalue weighted by Crippen LogP contribution is -2.59. The minimum Gasteiger partial charge on any atom is -0.380 e. The second-order valence-electron chi connectivity index (χ2n) is 5.77. The Hall–Kier alpha value is -0.120. The maximum Gasteiger partial charge on any atom is 0.0637 e. The summed E-state index contributed by atoms with van der Waals surface area (Å²) in [5, 5.41) is 3.67. The summed E-state index contributed by atoms with van der Waals surface area (Å²) in [4.78, 5) is 2.76. The second kappa shape index (κ2) is 7.46. The molecule has 3 nitrogen and oxygen atoms in total. The predicted molar refractivity (Wildman–Crippen MR) is 75.9 cm³/mol. The molecule has 0 aliphatic carbocycles. The molecule has 2 saturated heterocycles. The highest BCUT2D eigenvalue weighted by atomic mass is 16.5. The van der Waals surface area contributed by atoms with Crippen LogP contribution < -0.4 is 5.32 Å². The van der Waals surface area contributed by atoms with Crippen molar-refractivity contribution in [2.24, 2.45) is 0 Å². The van der Waals surface area contributed by atoms with E-state index in [1.807, 2.05) is 0 Å². The van der Waals surface area contributed by atoms with Gasteiger partial charge in [0.25, 0.3) is 0 Å². The number of nitrogens with zero attached hydrogens (tertiary/aromatic N) is 1. The molecule has 18 heavy (non-hydrogen) atoms. The molecule has 0 bridgehead atoms. The van der Waals surface area contributed by atoms with Crippen LogP contribution in [0.15, 0.2) is 0 Å². The molecule has 0 spiro atoms. The first kappa shape index (κ1) is 14.3. The van der Waals surface area contributed by atoms with E-state index in [-0.39, 0.29) is 0 Å². The van der Waals surface area contributed by atoms with Crippen molar-refractivity contribution < 1.29 is 4.74 Å². The first-order chi connectivity index (χ1) is 8.86. The van der Waals surface area contributed by atoms with Gasteiger partial charge < -0.3 is 10.1 Å². The van der Waals surface area contributed by atoms with Crippen molar-refractivity contribution in [3.63, 3.8) is 0 Å². The molecule has 106 valence electrons. The Morgan fingerprint density at radius 2 is 2.11 bits per heavy atom. The van der Waals surface area contributed by atoms with Gasteiger partial charge in [0.05, 0.1) is 6.61 Å². The van der Waals surface area contributed by atoms with E-state index >= 15 is 0 Å². The van der Waals surface area contributed by atoms with Crippen LogP contribution in [0.5, 0.6) is 0 Å². The van der Waals surface area contributed by atoms with E-state index in [1.54, 1.807) is 0 Å². The van der Waals surface area contributed by atoms with Crippen LogP contribution in [0, 0.1) is 0 Å². The summed E-state index contributed by atoms with van der Waals surface area (Å²) in [5.74, 6) is 0. The van der Waals surface area contributed by atoms with Crippen LogP contribution in [0.2, 0.25) is 0 Å². The first-order valence-corrected chi connectivity index (χ1v) is 7.93. The van der Waals surface area contributed by atoms with Gasteiger partial charge in [-0.2, -0.15) is 0 Å². The second-order valence-corrected chi connectivity index (χ2v) is 5.77. The molecule has 0 saturated carbocycles. The summed E-state index contributed by atoms with van der Waals surface area (Å²) in [5.41, 5.74) is 0. The van der Waals surface area contributed by atoms with E-state index in [1.165, 1.54) is 45.1 Å². The molecule has 0 radical (unpaired) electrons. The highest BCUT2D eigenvalue weighted by molar-refractivity contribution is 4.91. The first-order valence-electron chi connectivity index (χ1n) is 7.93. The fourth-order valence-electron chi connectivity index (χ4n) is 3.65. The van der Waals surface area contributed by atoms with Crippen LogP contribution in [-0.4, -0.2) is 49.3 Å².